The zero-order valence-corrected chi connectivity index (χ0v) is 15.9. The Bertz CT molecular complexity index is 997. The fourth-order valence-corrected chi connectivity index (χ4v) is 2.60. The molecule has 3 rings (SSSR count). The molecule has 1 N–H and O–H groups in total. The average molecular weight is 417 g/mol. The number of amides is 1. The number of rotatable bonds is 6. The van der Waals surface area contributed by atoms with Gasteiger partial charge in [-0.25, -0.2) is 4.79 Å². The number of carbonyl (C=O) groups is 2. The Hall–Kier alpha value is -3.09. The van der Waals surface area contributed by atoms with Crippen molar-refractivity contribution in [2.75, 3.05) is 11.9 Å². The topological polar surface area (TPSA) is 77.5 Å². The van der Waals surface area contributed by atoms with E-state index in [-0.39, 0.29) is 10.6 Å². The standard InChI is InChI=1S/C20H14Cl2N2O4/c21-15-7-3-8-16(19(15)22)24-18(25)12-27-20(26)14-6-1-2-9-17(14)28-13-5-4-10-23-11-13/h1-11H,12H2,(H,24,25). The van der Waals surface area contributed by atoms with Gasteiger partial charge in [0.2, 0.25) is 0 Å². The Kier molecular flexibility index (Phi) is 6.47. The van der Waals surface area contributed by atoms with E-state index < -0.39 is 18.5 Å². The summed E-state index contributed by atoms with van der Waals surface area (Å²) >= 11 is 11.9. The highest BCUT2D eigenvalue weighted by Gasteiger charge is 2.16. The van der Waals surface area contributed by atoms with Gasteiger partial charge < -0.3 is 14.8 Å². The Balaban J connectivity index is 1.63. The molecule has 0 unspecified atom stereocenters. The first kappa shape index (κ1) is 19.7. The van der Waals surface area contributed by atoms with Crippen LogP contribution in [0.1, 0.15) is 10.4 Å². The van der Waals surface area contributed by atoms with Gasteiger partial charge in [0.15, 0.2) is 6.61 Å². The van der Waals surface area contributed by atoms with E-state index in [0.29, 0.717) is 22.2 Å². The Morgan fingerprint density at radius 1 is 1.00 bits per heavy atom. The van der Waals surface area contributed by atoms with Gasteiger partial charge >= 0.3 is 5.97 Å². The molecule has 2 aromatic carbocycles. The summed E-state index contributed by atoms with van der Waals surface area (Å²) in [6, 6.07) is 14.8. The van der Waals surface area contributed by atoms with Gasteiger partial charge in [0.1, 0.15) is 17.1 Å². The van der Waals surface area contributed by atoms with Gasteiger partial charge in [-0.2, -0.15) is 0 Å². The minimum absolute atomic E-state index is 0.181. The summed E-state index contributed by atoms with van der Waals surface area (Å²) in [6.07, 6.45) is 3.13. The summed E-state index contributed by atoms with van der Waals surface area (Å²) in [5.41, 5.74) is 0.510. The van der Waals surface area contributed by atoms with Crippen molar-refractivity contribution < 1.29 is 19.1 Å². The first-order chi connectivity index (χ1) is 13.5. The van der Waals surface area contributed by atoms with Gasteiger partial charge in [0.05, 0.1) is 21.9 Å². The van der Waals surface area contributed by atoms with Crippen molar-refractivity contribution in [1.82, 2.24) is 4.98 Å². The third-order valence-corrected chi connectivity index (χ3v) is 4.35. The highest BCUT2D eigenvalue weighted by atomic mass is 35.5. The minimum Gasteiger partial charge on any atom is -0.455 e. The number of para-hydroxylation sites is 1. The first-order valence-electron chi connectivity index (χ1n) is 8.12. The summed E-state index contributed by atoms with van der Waals surface area (Å²) in [7, 11) is 0. The fourth-order valence-electron chi connectivity index (χ4n) is 2.25. The number of aromatic nitrogens is 1. The van der Waals surface area contributed by atoms with Crippen LogP contribution in [0.2, 0.25) is 10.0 Å². The van der Waals surface area contributed by atoms with E-state index in [4.69, 9.17) is 32.7 Å². The number of halogens is 2. The van der Waals surface area contributed by atoms with Gasteiger partial charge in [0.25, 0.3) is 5.91 Å². The van der Waals surface area contributed by atoms with Crippen LogP contribution in [0.3, 0.4) is 0 Å². The molecule has 0 atom stereocenters. The highest BCUT2D eigenvalue weighted by molar-refractivity contribution is 6.44. The molecule has 28 heavy (non-hydrogen) atoms. The summed E-state index contributed by atoms with van der Waals surface area (Å²) in [4.78, 5) is 28.4. The molecule has 1 heterocycles. The zero-order chi connectivity index (χ0) is 19.9. The maximum absolute atomic E-state index is 12.4. The lowest BCUT2D eigenvalue weighted by Crippen LogP contribution is -2.21. The second kappa shape index (κ2) is 9.21. The maximum atomic E-state index is 12.4. The minimum atomic E-state index is -0.702. The van der Waals surface area contributed by atoms with Gasteiger partial charge in [-0.15, -0.1) is 0 Å². The van der Waals surface area contributed by atoms with Crippen molar-refractivity contribution in [3.8, 4) is 11.5 Å². The lowest BCUT2D eigenvalue weighted by Gasteiger charge is -2.11. The monoisotopic (exact) mass is 416 g/mol. The predicted molar refractivity (Wildman–Crippen MR) is 106 cm³/mol. The van der Waals surface area contributed by atoms with E-state index in [1.54, 1.807) is 60.8 Å². The number of nitrogens with one attached hydrogen (secondary N) is 1. The number of hydrogen-bond donors (Lipinski definition) is 1. The average Bonchev–Trinajstić information content (AvgIpc) is 2.71. The molecule has 0 spiro atoms. The number of ether oxygens (including phenoxy) is 2. The van der Waals surface area contributed by atoms with Gasteiger partial charge in [-0.05, 0) is 36.4 Å². The molecule has 0 fully saturated rings. The van der Waals surface area contributed by atoms with E-state index in [9.17, 15) is 9.59 Å². The molecule has 0 aliphatic carbocycles. The lowest BCUT2D eigenvalue weighted by atomic mass is 10.2. The molecule has 142 valence electrons. The van der Waals surface area contributed by atoms with Crippen LogP contribution in [0.5, 0.6) is 11.5 Å². The second-order valence-electron chi connectivity index (χ2n) is 5.51. The molecule has 0 aliphatic rings. The normalized spacial score (nSPS) is 10.2. The summed E-state index contributed by atoms with van der Waals surface area (Å²) < 4.78 is 10.8. The van der Waals surface area contributed by atoms with Crippen LogP contribution in [0.15, 0.2) is 67.0 Å². The van der Waals surface area contributed by atoms with Crippen molar-refractivity contribution in [1.29, 1.82) is 0 Å². The van der Waals surface area contributed by atoms with Crippen LogP contribution in [-0.4, -0.2) is 23.5 Å². The quantitative estimate of drug-likeness (QED) is 0.573. The van der Waals surface area contributed by atoms with Gasteiger partial charge in [-0.1, -0.05) is 41.4 Å². The Morgan fingerprint density at radius 2 is 1.82 bits per heavy atom. The summed E-state index contributed by atoms with van der Waals surface area (Å²) in [5.74, 6) is -0.495. The fraction of sp³-hybridized carbons (Fsp3) is 0.0500. The Morgan fingerprint density at radius 3 is 2.61 bits per heavy atom. The van der Waals surface area contributed by atoms with E-state index in [2.05, 4.69) is 10.3 Å². The molecular weight excluding hydrogens is 403 g/mol. The molecule has 3 aromatic rings. The number of benzene rings is 2. The van der Waals surface area contributed by atoms with Crippen molar-refractivity contribution in [2.45, 2.75) is 0 Å². The molecule has 0 saturated carbocycles. The summed E-state index contributed by atoms with van der Waals surface area (Å²) in [6.45, 7) is -0.497. The van der Waals surface area contributed by atoms with Crippen molar-refractivity contribution in [3.63, 3.8) is 0 Å². The van der Waals surface area contributed by atoms with Crippen molar-refractivity contribution >= 4 is 40.8 Å². The number of pyridine rings is 1. The van der Waals surface area contributed by atoms with Crippen LogP contribution in [0.4, 0.5) is 5.69 Å². The molecule has 6 nitrogen and oxygen atoms in total. The van der Waals surface area contributed by atoms with E-state index in [1.807, 2.05) is 0 Å². The summed E-state index contributed by atoms with van der Waals surface area (Å²) in [5, 5.41) is 3.05. The predicted octanol–water partition coefficient (Wildman–Crippen LogP) is 4.98. The zero-order valence-electron chi connectivity index (χ0n) is 14.4. The number of anilines is 1. The molecule has 1 aromatic heterocycles. The molecule has 0 radical (unpaired) electrons. The van der Waals surface area contributed by atoms with Crippen molar-refractivity contribution in [2.24, 2.45) is 0 Å². The number of carbonyl (C=O) groups excluding carboxylic acids is 2. The van der Waals surface area contributed by atoms with Gasteiger partial charge in [0, 0.05) is 6.20 Å². The van der Waals surface area contributed by atoms with E-state index >= 15 is 0 Å². The first-order valence-corrected chi connectivity index (χ1v) is 8.88. The molecule has 8 heteroatoms. The van der Waals surface area contributed by atoms with Crippen LogP contribution in [-0.2, 0) is 9.53 Å². The second-order valence-corrected chi connectivity index (χ2v) is 6.30. The number of hydrogen-bond acceptors (Lipinski definition) is 5. The van der Waals surface area contributed by atoms with Crippen LogP contribution < -0.4 is 10.1 Å². The molecule has 1 amide bonds. The molecule has 0 bridgehead atoms. The van der Waals surface area contributed by atoms with Crippen LogP contribution in [0, 0.1) is 0 Å². The number of esters is 1. The van der Waals surface area contributed by atoms with Gasteiger partial charge in [-0.3, -0.25) is 9.78 Å². The number of nitrogens with zero attached hydrogens (tertiary/aromatic N) is 1. The SMILES string of the molecule is O=C(COC(=O)c1ccccc1Oc1cccnc1)Nc1cccc(Cl)c1Cl. The van der Waals surface area contributed by atoms with Crippen LogP contribution in [0.25, 0.3) is 0 Å². The molecule has 0 aliphatic heterocycles. The highest BCUT2D eigenvalue weighted by Crippen LogP contribution is 2.29. The van der Waals surface area contributed by atoms with Crippen molar-refractivity contribution in [3.05, 3.63) is 82.6 Å². The molecular formula is C20H14Cl2N2O4. The largest absolute Gasteiger partial charge is 0.455 e. The van der Waals surface area contributed by atoms with Crippen LogP contribution >= 0.6 is 23.2 Å². The third kappa shape index (κ3) is 5.00. The van der Waals surface area contributed by atoms with E-state index in [1.165, 1.54) is 6.20 Å². The lowest BCUT2D eigenvalue weighted by molar-refractivity contribution is -0.119. The van der Waals surface area contributed by atoms with E-state index in [0.717, 1.165) is 0 Å². The maximum Gasteiger partial charge on any atom is 0.342 e. The smallest absolute Gasteiger partial charge is 0.342 e. The third-order valence-electron chi connectivity index (χ3n) is 3.53. The Labute approximate surface area is 171 Å². The molecule has 0 saturated heterocycles.